The highest BCUT2D eigenvalue weighted by Gasteiger charge is 1.98. The van der Waals surface area contributed by atoms with E-state index in [0.717, 1.165) is 11.3 Å². The highest BCUT2D eigenvalue weighted by Crippen LogP contribution is 2.16. The van der Waals surface area contributed by atoms with Crippen LogP contribution < -0.4 is 0 Å². The molecule has 1 aromatic rings. The summed E-state index contributed by atoms with van der Waals surface area (Å²) in [5.41, 5.74) is 1.02. The second-order valence-electron chi connectivity index (χ2n) is 2.79. The van der Waals surface area contributed by atoms with Gasteiger partial charge < -0.3 is 4.74 Å². The molecule has 1 nitrogen and oxygen atoms in total. The van der Waals surface area contributed by atoms with Crippen molar-refractivity contribution in [2.75, 3.05) is 0 Å². The lowest BCUT2D eigenvalue weighted by Crippen LogP contribution is -1.87. The Balaban J connectivity index is 2.70. The number of hydrogen-bond acceptors (Lipinski definition) is 1. The van der Waals surface area contributed by atoms with Gasteiger partial charge in [-0.2, -0.15) is 0 Å². The number of hydrogen-bond donors (Lipinski definition) is 0. The minimum absolute atomic E-state index is 0.691. The zero-order valence-corrected chi connectivity index (χ0v) is 8.08. The van der Waals surface area contributed by atoms with Crippen LogP contribution in [-0.2, 0) is 4.74 Å². The summed E-state index contributed by atoms with van der Waals surface area (Å²) in [6.45, 7) is 7.70. The van der Waals surface area contributed by atoms with Crippen LogP contribution in [0.3, 0.4) is 0 Å². The van der Waals surface area contributed by atoms with Crippen molar-refractivity contribution in [3.8, 4) is 0 Å². The largest absolute Gasteiger partial charge is 0.462 e. The molecule has 0 aliphatic heterocycles. The summed E-state index contributed by atoms with van der Waals surface area (Å²) in [6, 6.07) is 9.86. The summed E-state index contributed by atoms with van der Waals surface area (Å²) in [7, 11) is 0. The lowest BCUT2D eigenvalue weighted by molar-refractivity contribution is 0.385. The Bertz CT molecular complexity index is 309. The summed E-state index contributed by atoms with van der Waals surface area (Å²) >= 11 is 0. The van der Waals surface area contributed by atoms with Crippen molar-refractivity contribution >= 4 is 5.76 Å². The zero-order valence-electron chi connectivity index (χ0n) is 8.08. The van der Waals surface area contributed by atoms with E-state index in [4.69, 9.17) is 4.74 Å². The second kappa shape index (κ2) is 4.51. The van der Waals surface area contributed by atoms with E-state index < -0.39 is 0 Å². The predicted octanol–water partition coefficient (Wildman–Crippen LogP) is 3.60. The van der Waals surface area contributed by atoms with Crippen LogP contribution in [-0.4, -0.2) is 0 Å². The number of ether oxygens (including phenoxy) is 1. The topological polar surface area (TPSA) is 9.23 Å². The quantitative estimate of drug-likeness (QED) is 0.636. The molecule has 0 bridgehead atoms. The molecule has 0 spiro atoms. The molecule has 0 amide bonds. The smallest absolute Gasteiger partial charge is 0.126 e. The van der Waals surface area contributed by atoms with Crippen LogP contribution >= 0.6 is 0 Å². The Labute approximate surface area is 79.4 Å². The van der Waals surface area contributed by atoms with Crippen molar-refractivity contribution in [1.82, 2.24) is 0 Å². The van der Waals surface area contributed by atoms with Crippen LogP contribution in [0.25, 0.3) is 5.76 Å². The summed E-state index contributed by atoms with van der Waals surface area (Å²) in [5, 5.41) is 0. The Morgan fingerprint density at radius 3 is 2.46 bits per heavy atom. The molecule has 0 fully saturated rings. The van der Waals surface area contributed by atoms with Gasteiger partial charge in [-0.05, 0) is 19.9 Å². The van der Waals surface area contributed by atoms with Gasteiger partial charge in [0.25, 0.3) is 0 Å². The van der Waals surface area contributed by atoms with Gasteiger partial charge in [0.15, 0.2) is 0 Å². The highest BCUT2D eigenvalue weighted by atomic mass is 16.5. The van der Waals surface area contributed by atoms with E-state index in [2.05, 4.69) is 6.58 Å². The Kier molecular flexibility index (Phi) is 3.32. The predicted molar refractivity (Wildman–Crippen MR) is 56.0 cm³/mol. The second-order valence-corrected chi connectivity index (χ2v) is 2.79. The SMILES string of the molecule is C=C(O/C(C)=C\C)c1ccccc1. The molecule has 0 unspecified atom stereocenters. The monoisotopic (exact) mass is 174 g/mol. The maximum absolute atomic E-state index is 5.45. The molecule has 0 N–H and O–H groups in total. The van der Waals surface area contributed by atoms with E-state index in [9.17, 15) is 0 Å². The number of allylic oxidation sites excluding steroid dienone is 2. The van der Waals surface area contributed by atoms with Gasteiger partial charge in [-0.1, -0.05) is 36.9 Å². The molecule has 0 atom stereocenters. The number of rotatable bonds is 3. The molecule has 0 aliphatic carbocycles. The maximum atomic E-state index is 5.45. The molecule has 1 rings (SSSR count). The van der Waals surface area contributed by atoms with Crippen molar-refractivity contribution in [2.45, 2.75) is 13.8 Å². The van der Waals surface area contributed by atoms with Crippen molar-refractivity contribution in [2.24, 2.45) is 0 Å². The fourth-order valence-electron chi connectivity index (χ4n) is 0.936. The third-order valence-corrected chi connectivity index (χ3v) is 1.79. The van der Waals surface area contributed by atoms with Gasteiger partial charge in [-0.15, -0.1) is 0 Å². The number of benzene rings is 1. The van der Waals surface area contributed by atoms with Crippen molar-refractivity contribution in [3.63, 3.8) is 0 Å². The van der Waals surface area contributed by atoms with Gasteiger partial charge in [-0.25, -0.2) is 0 Å². The van der Waals surface area contributed by atoms with E-state index in [0.29, 0.717) is 5.76 Å². The maximum Gasteiger partial charge on any atom is 0.126 e. The van der Waals surface area contributed by atoms with Gasteiger partial charge in [0.2, 0.25) is 0 Å². The minimum Gasteiger partial charge on any atom is -0.462 e. The molecule has 13 heavy (non-hydrogen) atoms. The highest BCUT2D eigenvalue weighted by molar-refractivity contribution is 5.57. The first kappa shape index (κ1) is 9.59. The summed E-state index contributed by atoms with van der Waals surface area (Å²) < 4.78 is 5.45. The fourth-order valence-corrected chi connectivity index (χ4v) is 0.936. The van der Waals surface area contributed by atoms with Gasteiger partial charge in [0, 0.05) is 5.56 Å². The van der Waals surface area contributed by atoms with Crippen LogP contribution in [0.2, 0.25) is 0 Å². The summed E-state index contributed by atoms with van der Waals surface area (Å²) in [5.74, 6) is 1.56. The van der Waals surface area contributed by atoms with E-state index >= 15 is 0 Å². The Hall–Kier alpha value is -1.50. The molecule has 0 aromatic heterocycles. The van der Waals surface area contributed by atoms with Gasteiger partial charge in [0.05, 0.1) is 5.76 Å². The van der Waals surface area contributed by atoms with E-state index in [1.807, 2.05) is 50.3 Å². The van der Waals surface area contributed by atoms with Crippen LogP contribution in [0.1, 0.15) is 19.4 Å². The lowest BCUT2D eigenvalue weighted by atomic mass is 10.2. The standard InChI is InChI=1S/C12H14O/c1-4-10(2)13-11(3)12-8-6-5-7-9-12/h4-9H,3H2,1-2H3/b10-4-. The first-order chi connectivity index (χ1) is 6.24. The van der Waals surface area contributed by atoms with E-state index in [1.54, 1.807) is 0 Å². The zero-order chi connectivity index (χ0) is 9.68. The molecular weight excluding hydrogens is 160 g/mol. The molecule has 0 radical (unpaired) electrons. The van der Waals surface area contributed by atoms with E-state index in [1.165, 1.54) is 0 Å². The summed E-state index contributed by atoms with van der Waals surface area (Å²) in [4.78, 5) is 0. The van der Waals surface area contributed by atoms with Crippen LogP contribution in [0, 0.1) is 0 Å². The summed E-state index contributed by atoms with van der Waals surface area (Å²) in [6.07, 6.45) is 1.91. The molecule has 0 saturated heterocycles. The molecule has 1 aromatic carbocycles. The minimum atomic E-state index is 0.691. The third-order valence-electron chi connectivity index (χ3n) is 1.79. The average molecular weight is 174 g/mol. The molecule has 0 saturated carbocycles. The molecular formula is C12H14O. The first-order valence-electron chi connectivity index (χ1n) is 4.29. The first-order valence-corrected chi connectivity index (χ1v) is 4.29. The van der Waals surface area contributed by atoms with Crippen LogP contribution in [0.4, 0.5) is 0 Å². The Morgan fingerprint density at radius 1 is 1.31 bits per heavy atom. The molecule has 68 valence electrons. The van der Waals surface area contributed by atoms with E-state index in [-0.39, 0.29) is 0 Å². The Morgan fingerprint density at radius 2 is 1.92 bits per heavy atom. The molecule has 0 aliphatic rings. The van der Waals surface area contributed by atoms with Crippen molar-refractivity contribution in [1.29, 1.82) is 0 Å². The van der Waals surface area contributed by atoms with Crippen molar-refractivity contribution in [3.05, 3.63) is 54.3 Å². The van der Waals surface area contributed by atoms with Gasteiger partial charge in [-0.3, -0.25) is 0 Å². The van der Waals surface area contributed by atoms with Crippen molar-refractivity contribution < 1.29 is 4.74 Å². The third kappa shape index (κ3) is 2.79. The molecule has 0 heterocycles. The van der Waals surface area contributed by atoms with Crippen LogP contribution in [0.15, 0.2) is 48.7 Å². The normalized spacial score (nSPS) is 11.1. The lowest BCUT2D eigenvalue weighted by Gasteiger charge is -2.07. The van der Waals surface area contributed by atoms with Crippen LogP contribution in [0.5, 0.6) is 0 Å². The average Bonchev–Trinajstić information content (AvgIpc) is 2.19. The van der Waals surface area contributed by atoms with Gasteiger partial charge in [0.1, 0.15) is 5.76 Å². The van der Waals surface area contributed by atoms with Gasteiger partial charge >= 0.3 is 0 Å². The fraction of sp³-hybridized carbons (Fsp3) is 0.167. The molecule has 1 heteroatoms.